The van der Waals surface area contributed by atoms with Crippen LogP contribution in [-0.4, -0.2) is 24.8 Å². The Morgan fingerprint density at radius 2 is 2.26 bits per heavy atom. The molecule has 0 bridgehead atoms. The minimum atomic E-state index is 0.921. The summed E-state index contributed by atoms with van der Waals surface area (Å²) < 4.78 is 2.36. The molecule has 0 aromatic carbocycles. The lowest BCUT2D eigenvalue weighted by Gasteiger charge is -2.16. The lowest BCUT2D eigenvalue weighted by atomic mass is 10.3. The number of hydrogen-bond donors (Lipinski definition) is 3. The number of halogens is 2. The van der Waals surface area contributed by atoms with Gasteiger partial charge >= 0.3 is 0 Å². The topological polar surface area (TPSA) is 39.3 Å². The molecule has 2 rings (SSSR count). The number of hydrogen-bond acceptors (Lipinski definition) is 5. The van der Waals surface area contributed by atoms with Crippen LogP contribution in [0.25, 0.3) is 0 Å². The zero-order valence-electron chi connectivity index (χ0n) is 10.8. The molecule has 1 aromatic heterocycles. The van der Waals surface area contributed by atoms with Crippen LogP contribution in [0.1, 0.15) is 16.9 Å². The first kappa shape index (κ1) is 15.5. The Morgan fingerprint density at radius 1 is 1.42 bits per heavy atom. The Hall–Kier alpha value is 0.0800. The first-order chi connectivity index (χ1) is 9.18. The van der Waals surface area contributed by atoms with E-state index in [1.807, 2.05) is 11.3 Å². The highest BCUT2D eigenvalue weighted by atomic mass is 79.9. The molecule has 19 heavy (non-hydrogen) atoms. The van der Waals surface area contributed by atoms with Gasteiger partial charge in [0.05, 0.1) is 10.3 Å². The van der Waals surface area contributed by atoms with Crippen molar-refractivity contribution < 1.29 is 0 Å². The summed E-state index contributed by atoms with van der Waals surface area (Å²) in [6.45, 7) is 5.99. The molecule has 106 valence electrons. The Balaban J connectivity index is 1.57. The smallest absolute Gasteiger partial charge is 0.0846 e. The second-order valence-corrected chi connectivity index (χ2v) is 7.53. The Labute approximate surface area is 134 Å². The lowest BCUT2D eigenvalue weighted by molar-refractivity contribution is 0.175. The van der Waals surface area contributed by atoms with Gasteiger partial charge in [-0.2, -0.15) is 5.12 Å². The molecule has 0 fully saturated rings. The summed E-state index contributed by atoms with van der Waals surface area (Å²) in [4.78, 5) is 1.39. The van der Waals surface area contributed by atoms with E-state index < -0.39 is 0 Å². The molecule has 3 N–H and O–H groups in total. The average molecular weight is 410 g/mol. The first-order valence-electron chi connectivity index (χ1n) is 6.24. The molecule has 0 radical (unpaired) electrons. The molecule has 0 amide bonds. The van der Waals surface area contributed by atoms with Crippen LogP contribution in [0.3, 0.4) is 0 Å². The van der Waals surface area contributed by atoms with Crippen molar-refractivity contribution in [3.8, 4) is 0 Å². The molecule has 7 heteroatoms. The number of hydrazine groups is 2. The van der Waals surface area contributed by atoms with Crippen LogP contribution >= 0.6 is 43.2 Å². The molecule has 2 heterocycles. The lowest BCUT2D eigenvalue weighted by Crippen LogP contribution is -2.43. The van der Waals surface area contributed by atoms with E-state index in [0.717, 1.165) is 32.6 Å². The van der Waals surface area contributed by atoms with Gasteiger partial charge in [-0.05, 0) is 63.4 Å². The molecular formula is C12H18Br2N4S. The van der Waals surface area contributed by atoms with E-state index in [4.69, 9.17) is 0 Å². The quantitative estimate of drug-likeness (QED) is 0.605. The van der Waals surface area contributed by atoms with E-state index in [1.54, 1.807) is 11.3 Å². The van der Waals surface area contributed by atoms with Crippen LogP contribution in [0.4, 0.5) is 0 Å². The van der Waals surface area contributed by atoms with Crippen molar-refractivity contribution in [3.63, 3.8) is 0 Å². The fourth-order valence-corrected chi connectivity index (χ4v) is 4.15. The monoisotopic (exact) mass is 408 g/mol. The van der Waals surface area contributed by atoms with Gasteiger partial charge in [0, 0.05) is 28.6 Å². The van der Waals surface area contributed by atoms with Crippen molar-refractivity contribution in [1.82, 2.24) is 21.3 Å². The van der Waals surface area contributed by atoms with E-state index in [0.29, 0.717) is 0 Å². The van der Waals surface area contributed by atoms with Gasteiger partial charge in [0.2, 0.25) is 0 Å². The van der Waals surface area contributed by atoms with Gasteiger partial charge in [0.1, 0.15) is 0 Å². The highest BCUT2D eigenvalue weighted by Crippen LogP contribution is 2.36. The molecule has 1 aromatic rings. The minimum absolute atomic E-state index is 0.921. The second-order valence-electron chi connectivity index (χ2n) is 4.32. The molecule has 0 spiro atoms. The predicted octanol–water partition coefficient (Wildman–Crippen LogP) is 2.90. The van der Waals surface area contributed by atoms with E-state index in [9.17, 15) is 0 Å². The van der Waals surface area contributed by atoms with Gasteiger partial charge in [-0.3, -0.25) is 0 Å². The summed E-state index contributed by atoms with van der Waals surface area (Å²) in [6, 6.07) is 0. The van der Waals surface area contributed by atoms with Crippen molar-refractivity contribution in [1.29, 1.82) is 0 Å². The molecule has 0 saturated carbocycles. The summed E-state index contributed by atoms with van der Waals surface area (Å²) in [5.74, 6) is 0. The van der Waals surface area contributed by atoms with Crippen molar-refractivity contribution in [2.45, 2.75) is 19.9 Å². The van der Waals surface area contributed by atoms with Gasteiger partial charge in [0.25, 0.3) is 0 Å². The van der Waals surface area contributed by atoms with E-state index >= 15 is 0 Å². The predicted molar refractivity (Wildman–Crippen MR) is 87.8 cm³/mol. The summed E-state index contributed by atoms with van der Waals surface area (Å²) in [5.41, 5.74) is 7.74. The number of rotatable bonds is 7. The maximum atomic E-state index is 3.58. The number of nitrogens with one attached hydrogen (secondary N) is 3. The Kier molecular flexibility index (Phi) is 6.31. The third-order valence-corrected chi connectivity index (χ3v) is 6.64. The second kappa shape index (κ2) is 7.75. The first-order valence-corrected chi connectivity index (χ1v) is 8.65. The normalized spacial score (nSPS) is 15.1. The third-order valence-electron chi connectivity index (χ3n) is 2.89. The van der Waals surface area contributed by atoms with E-state index in [1.165, 1.54) is 18.7 Å². The Bertz CT molecular complexity index is 439. The van der Waals surface area contributed by atoms with Gasteiger partial charge in [0.15, 0.2) is 0 Å². The maximum absolute atomic E-state index is 3.58. The van der Waals surface area contributed by atoms with Crippen LogP contribution in [-0.2, 0) is 6.54 Å². The standard InChI is InChI=1S/C12H18Br2N4S/c1-9-10(19-12(14)11(9)13)8-15-4-2-5-16-18-7-3-6-17-18/h3,6,15-17H,2,4-5,7-8H2,1H3. The third kappa shape index (κ3) is 4.54. The zero-order valence-corrected chi connectivity index (χ0v) is 14.8. The molecule has 1 aliphatic rings. The minimum Gasteiger partial charge on any atom is -0.313 e. The van der Waals surface area contributed by atoms with E-state index in [-0.39, 0.29) is 0 Å². The van der Waals surface area contributed by atoms with Crippen molar-refractivity contribution in [2.75, 3.05) is 19.6 Å². The van der Waals surface area contributed by atoms with Crippen molar-refractivity contribution in [3.05, 3.63) is 31.0 Å². The zero-order chi connectivity index (χ0) is 13.7. The Morgan fingerprint density at radius 3 is 2.89 bits per heavy atom. The summed E-state index contributed by atoms with van der Waals surface area (Å²) in [6.07, 6.45) is 5.13. The van der Waals surface area contributed by atoms with Crippen LogP contribution in [0.2, 0.25) is 0 Å². The summed E-state index contributed by atoms with van der Waals surface area (Å²) >= 11 is 8.92. The molecule has 0 unspecified atom stereocenters. The molecular weight excluding hydrogens is 392 g/mol. The molecule has 0 atom stereocenters. The molecule has 4 nitrogen and oxygen atoms in total. The van der Waals surface area contributed by atoms with Crippen LogP contribution < -0.4 is 16.2 Å². The largest absolute Gasteiger partial charge is 0.313 e. The molecule has 1 aliphatic heterocycles. The van der Waals surface area contributed by atoms with Crippen molar-refractivity contribution >= 4 is 43.2 Å². The number of thiophene rings is 1. The summed E-state index contributed by atoms with van der Waals surface area (Å²) in [5, 5.41) is 5.47. The van der Waals surface area contributed by atoms with Gasteiger partial charge in [-0.1, -0.05) is 0 Å². The maximum Gasteiger partial charge on any atom is 0.0846 e. The molecule has 0 aliphatic carbocycles. The molecule has 0 saturated heterocycles. The van der Waals surface area contributed by atoms with Crippen LogP contribution in [0.5, 0.6) is 0 Å². The highest BCUT2D eigenvalue weighted by Gasteiger charge is 2.10. The fraction of sp³-hybridized carbons (Fsp3) is 0.500. The fourth-order valence-electron chi connectivity index (χ4n) is 1.76. The number of nitrogens with zero attached hydrogens (tertiary/aromatic N) is 1. The van der Waals surface area contributed by atoms with Gasteiger partial charge < -0.3 is 10.7 Å². The van der Waals surface area contributed by atoms with Crippen molar-refractivity contribution in [2.24, 2.45) is 0 Å². The average Bonchev–Trinajstić information content (AvgIpc) is 2.99. The highest BCUT2D eigenvalue weighted by molar-refractivity contribution is 9.13. The van der Waals surface area contributed by atoms with Gasteiger partial charge in [-0.25, -0.2) is 5.43 Å². The van der Waals surface area contributed by atoms with Crippen LogP contribution in [0.15, 0.2) is 20.5 Å². The van der Waals surface area contributed by atoms with E-state index in [2.05, 4.69) is 61.0 Å². The van der Waals surface area contributed by atoms with Gasteiger partial charge in [-0.15, -0.1) is 11.3 Å². The summed E-state index contributed by atoms with van der Waals surface area (Å²) in [7, 11) is 0. The van der Waals surface area contributed by atoms with Crippen LogP contribution in [0, 0.1) is 6.92 Å². The SMILES string of the molecule is Cc1c(CNCCCNN2CC=CN2)sc(Br)c1Br.